The summed E-state index contributed by atoms with van der Waals surface area (Å²) in [5.41, 5.74) is 5.53. The van der Waals surface area contributed by atoms with Crippen LogP contribution in [0, 0.1) is 6.92 Å². The topological polar surface area (TPSA) is 47.1 Å². The van der Waals surface area contributed by atoms with E-state index in [0.717, 1.165) is 60.2 Å². The van der Waals surface area contributed by atoms with E-state index in [1.54, 1.807) is 14.2 Å². The summed E-state index contributed by atoms with van der Waals surface area (Å²) in [6.45, 7) is 8.48. The zero-order valence-corrected chi connectivity index (χ0v) is 19.3. The summed E-state index contributed by atoms with van der Waals surface area (Å²) in [6, 6.07) is 18.5. The summed E-state index contributed by atoms with van der Waals surface area (Å²) >= 11 is 0. The van der Waals surface area contributed by atoms with Gasteiger partial charge in [-0.25, -0.2) is 4.98 Å². The Balaban J connectivity index is 1.58. The van der Waals surface area contributed by atoms with Crippen molar-refractivity contribution in [2.75, 3.05) is 56.8 Å². The lowest BCUT2D eigenvalue weighted by Crippen LogP contribution is -2.46. The lowest BCUT2D eigenvalue weighted by molar-refractivity contribution is 0.340. The first kappa shape index (κ1) is 21.8. The van der Waals surface area contributed by atoms with Crippen molar-refractivity contribution in [1.29, 1.82) is 0 Å². The van der Waals surface area contributed by atoms with Gasteiger partial charge in [-0.15, -0.1) is 0 Å². The third-order valence-electron chi connectivity index (χ3n) is 5.88. The van der Waals surface area contributed by atoms with Crippen LogP contribution in [0.25, 0.3) is 11.3 Å². The molecule has 0 spiro atoms. The number of aryl methyl sites for hydroxylation is 1. The molecule has 1 aliphatic heterocycles. The second-order valence-corrected chi connectivity index (χ2v) is 7.80. The predicted octanol–water partition coefficient (Wildman–Crippen LogP) is 4.80. The molecule has 4 rings (SSSR count). The molecule has 0 atom stereocenters. The van der Waals surface area contributed by atoms with Crippen LogP contribution < -0.4 is 24.0 Å². The fourth-order valence-electron chi connectivity index (χ4n) is 4.16. The van der Waals surface area contributed by atoms with Crippen molar-refractivity contribution in [3.63, 3.8) is 0 Å². The maximum atomic E-state index is 5.67. The van der Waals surface area contributed by atoms with Crippen molar-refractivity contribution in [2.45, 2.75) is 13.8 Å². The van der Waals surface area contributed by atoms with Crippen LogP contribution in [0.15, 0.2) is 54.6 Å². The molecule has 0 N–H and O–H groups in total. The molecule has 6 nitrogen and oxygen atoms in total. The highest BCUT2D eigenvalue weighted by molar-refractivity contribution is 5.78. The molecule has 32 heavy (non-hydrogen) atoms. The predicted molar refractivity (Wildman–Crippen MR) is 130 cm³/mol. The van der Waals surface area contributed by atoms with Crippen molar-refractivity contribution >= 4 is 11.4 Å². The smallest absolute Gasteiger partial charge is 0.213 e. The Morgan fingerprint density at radius 2 is 1.50 bits per heavy atom. The van der Waals surface area contributed by atoms with E-state index in [-0.39, 0.29) is 0 Å². The SMILES string of the molecule is CCOc1ccc(-c2nc(OC)ccc2N2CCN(c3ccc(OC)cc3)CC2)c(C)c1. The maximum Gasteiger partial charge on any atom is 0.213 e. The Kier molecular flexibility index (Phi) is 6.69. The number of benzene rings is 2. The Bertz CT molecular complexity index is 1040. The fourth-order valence-corrected chi connectivity index (χ4v) is 4.16. The normalized spacial score (nSPS) is 13.8. The van der Waals surface area contributed by atoms with Crippen molar-refractivity contribution in [1.82, 2.24) is 4.98 Å². The zero-order chi connectivity index (χ0) is 22.5. The van der Waals surface area contributed by atoms with Crippen LogP contribution >= 0.6 is 0 Å². The maximum absolute atomic E-state index is 5.67. The Labute approximate surface area is 190 Å². The number of ether oxygens (including phenoxy) is 3. The van der Waals surface area contributed by atoms with Gasteiger partial charge in [-0.2, -0.15) is 0 Å². The minimum atomic E-state index is 0.619. The van der Waals surface area contributed by atoms with Gasteiger partial charge >= 0.3 is 0 Å². The van der Waals surface area contributed by atoms with E-state index in [1.165, 1.54) is 5.69 Å². The number of hydrogen-bond donors (Lipinski definition) is 0. The van der Waals surface area contributed by atoms with Gasteiger partial charge in [-0.3, -0.25) is 0 Å². The lowest BCUT2D eigenvalue weighted by Gasteiger charge is -2.38. The van der Waals surface area contributed by atoms with Crippen LogP contribution in [0.4, 0.5) is 11.4 Å². The van der Waals surface area contributed by atoms with Crippen molar-refractivity contribution in [2.24, 2.45) is 0 Å². The molecule has 2 aromatic carbocycles. The van der Waals surface area contributed by atoms with Gasteiger partial charge in [0.25, 0.3) is 0 Å². The summed E-state index contributed by atoms with van der Waals surface area (Å²) < 4.78 is 16.4. The molecule has 3 aromatic rings. The molecule has 2 heterocycles. The summed E-state index contributed by atoms with van der Waals surface area (Å²) in [6.07, 6.45) is 0. The van der Waals surface area contributed by atoms with E-state index in [2.05, 4.69) is 47.1 Å². The molecular weight excluding hydrogens is 402 g/mol. The van der Waals surface area contributed by atoms with E-state index in [0.29, 0.717) is 12.5 Å². The highest BCUT2D eigenvalue weighted by atomic mass is 16.5. The van der Waals surface area contributed by atoms with Gasteiger partial charge in [0.05, 0.1) is 32.2 Å². The molecule has 0 unspecified atom stereocenters. The molecule has 0 bridgehead atoms. The van der Waals surface area contributed by atoms with Crippen LogP contribution in [-0.2, 0) is 0 Å². The summed E-state index contributed by atoms with van der Waals surface area (Å²) in [7, 11) is 3.35. The highest BCUT2D eigenvalue weighted by Crippen LogP contribution is 2.35. The molecular formula is C26H31N3O3. The van der Waals surface area contributed by atoms with Crippen LogP contribution in [0.3, 0.4) is 0 Å². The third kappa shape index (κ3) is 4.59. The van der Waals surface area contributed by atoms with E-state index in [9.17, 15) is 0 Å². The van der Waals surface area contributed by atoms with Crippen LogP contribution in [0.1, 0.15) is 12.5 Å². The zero-order valence-electron chi connectivity index (χ0n) is 19.3. The van der Waals surface area contributed by atoms with Gasteiger partial charge in [0.2, 0.25) is 5.88 Å². The molecule has 1 saturated heterocycles. The fraction of sp³-hybridized carbons (Fsp3) is 0.346. The number of piperazine rings is 1. The van der Waals surface area contributed by atoms with Gasteiger partial charge in [0.1, 0.15) is 11.5 Å². The van der Waals surface area contributed by atoms with Gasteiger partial charge in [-0.1, -0.05) is 0 Å². The standard InChI is InChI=1S/C26H31N3O3/c1-5-32-22-10-11-23(19(2)18-22)26-24(12-13-25(27-26)31-4)29-16-14-28(15-17-29)20-6-8-21(30-3)9-7-20/h6-13,18H,5,14-17H2,1-4H3. The van der Waals surface area contributed by atoms with E-state index in [1.807, 2.05) is 31.2 Å². The molecule has 1 aliphatic rings. The largest absolute Gasteiger partial charge is 0.497 e. The Morgan fingerprint density at radius 3 is 2.12 bits per heavy atom. The number of pyridine rings is 1. The van der Waals surface area contributed by atoms with Gasteiger partial charge in [-0.05, 0) is 67.9 Å². The molecule has 1 fully saturated rings. The molecule has 0 saturated carbocycles. The third-order valence-corrected chi connectivity index (χ3v) is 5.88. The van der Waals surface area contributed by atoms with E-state index < -0.39 is 0 Å². The van der Waals surface area contributed by atoms with E-state index >= 15 is 0 Å². The number of aromatic nitrogens is 1. The van der Waals surface area contributed by atoms with Crippen LogP contribution in [0.5, 0.6) is 17.4 Å². The number of methoxy groups -OCH3 is 2. The van der Waals surface area contributed by atoms with Crippen LogP contribution in [-0.4, -0.2) is 52.0 Å². The average Bonchev–Trinajstić information content (AvgIpc) is 2.84. The monoisotopic (exact) mass is 433 g/mol. The molecule has 0 radical (unpaired) electrons. The second kappa shape index (κ2) is 9.81. The lowest BCUT2D eigenvalue weighted by atomic mass is 10.0. The Hall–Kier alpha value is -3.41. The first-order valence-corrected chi connectivity index (χ1v) is 11.1. The number of rotatable bonds is 7. The number of anilines is 2. The number of nitrogens with zero attached hydrogens (tertiary/aromatic N) is 3. The van der Waals surface area contributed by atoms with Crippen molar-refractivity contribution in [3.8, 4) is 28.6 Å². The summed E-state index contributed by atoms with van der Waals surface area (Å²) in [4.78, 5) is 9.66. The molecule has 0 amide bonds. The van der Waals surface area contributed by atoms with E-state index in [4.69, 9.17) is 19.2 Å². The molecule has 0 aliphatic carbocycles. The average molecular weight is 434 g/mol. The van der Waals surface area contributed by atoms with Gasteiger partial charge < -0.3 is 24.0 Å². The second-order valence-electron chi connectivity index (χ2n) is 7.80. The Morgan fingerprint density at radius 1 is 0.812 bits per heavy atom. The van der Waals surface area contributed by atoms with Gasteiger partial charge in [0.15, 0.2) is 0 Å². The minimum absolute atomic E-state index is 0.619. The van der Waals surface area contributed by atoms with Gasteiger partial charge in [0, 0.05) is 43.5 Å². The number of hydrogen-bond acceptors (Lipinski definition) is 6. The van der Waals surface area contributed by atoms with Crippen molar-refractivity contribution < 1.29 is 14.2 Å². The summed E-state index contributed by atoms with van der Waals surface area (Å²) in [5.74, 6) is 2.38. The quantitative estimate of drug-likeness (QED) is 0.533. The summed E-state index contributed by atoms with van der Waals surface area (Å²) in [5, 5.41) is 0. The minimum Gasteiger partial charge on any atom is -0.497 e. The first-order valence-electron chi connectivity index (χ1n) is 11.1. The first-order chi connectivity index (χ1) is 15.6. The van der Waals surface area contributed by atoms with Crippen molar-refractivity contribution in [3.05, 3.63) is 60.2 Å². The van der Waals surface area contributed by atoms with Crippen LogP contribution in [0.2, 0.25) is 0 Å². The molecule has 1 aromatic heterocycles. The highest BCUT2D eigenvalue weighted by Gasteiger charge is 2.22. The molecule has 6 heteroatoms. The molecule has 168 valence electrons.